The monoisotopic (exact) mass is 414 g/mol. The van der Waals surface area contributed by atoms with Crippen molar-refractivity contribution in [2.75, 3.05) is 6.61 Å². The highest BCUT2D eigenvalue weighted by Crippen LogP contribution is 2.17. The number of rotatable bonds is 7. The Balaban J connectivity index is 1.49. The normalized spacial score (nSPS) is 10.9. The summed E-state index contributed by atoms with van der Waals surface area (Å²) in [5, 5.41) is 7.69. The first-order valence-corrected chi connectivity index (χ1v) is 9.71. The molecule has 1 aromatic carbocycles. The van der Waals surface area contributed by atoms with Gasteiger partial charge in [0.1, 0.15) is 0 Å². The molecule has 29 heavy (non-hydrogen) atoms. The van der Waals surface area contributed by atoms with E-state index >= 15 is 0 Å². The summed E-state index contributed by atoms with van der Waals surface area (Å²) in [4.78, 5) is 28.5. The SMILES string of the molecule is Cc1cc2nc(C)c(CCC(=O)OCC(=O)NCc3ccccc3Cl)c(C)n2n1. The molecule has 0 saturated carbocycles. The lowest BCUT2D eigenvalue weighted by Gasteiger charge is -2.11. The van der Waals surface area contributed by atoms with Gasteiger partial charge in [-0.3, -0.25) is 9.59 Å². The largest absolute Gasteiger partial charge is 0.456 e. The van der Waals surface area contributed by atoms with Crippen molar-refractivity contribution in [2.45, 2.75) is 40.2 Å². The van der Waals surface area contributed by atoms with Crippen LogP contribution in [0.5, 0.6) is 0 Å². The number of fused-ring (bicyclic) bond motifs is 1. The van der Waals surface area contributed by atoms with Crippen molar-refractivity contribution in [3.8, 4) is 0 Å². The van der Waals surface area contributed by atoms with Crippen LogP contribution >= 0.6 is 11.6 Å². The number of hydrogen-bond donors (Lipinski definition) is 1. The van der Waals surface area contributed by atoms with Gasteiger partial charge in [0.05, 0.1) is 5.69 Å². The van der Waals surface area contributed by atoms with E-state index in [-0.39, 0.29) is 25.5 Å². The van der Waals surface area contributed by atoms with Gasteiger partial charge in [-0.2, -0.15) is 5.10 Å². The van der Waals surface area contributed by atoms with Gasteiger partial charge < -0.3 is 10.1 Å². The quantitative estimate of drug-likeness (QED) is 0.600. The molecule has 2 heterocycles. The maximum atomic E-state index is 12.1. The number of nitrogens with zero attached hydrogens (tertiary/aromatic N) is 3. The number of carbonyl (C=O) groups excluding carboxylic acids is 2. The zero-order chi connectivity index (χ0) is 21.0. The summed E-state index contributed by atoms with van der Waals surface area (Å²) < 4.78 is 6.87. The standard InChI is InChI=1S/C21H23ClN4O3/c1-13-10-19-24-14(2)17(15(3)26(19)25-13)8-9-21(28)29-12-20(27)23-11-16-6-4-5-7-18(16)22/h4-7,10H,8-9,11-12H2,1-3H3,(H,23,27). The van der Waals surface area contributed by atoms with E-state index in [2.05, 4.69) is 15.4 Å². The Morgan fingerprint density at radius 1 is 1.21 bits per heavy atom. The van der Waals surface area contributed by atoms with Gasteiger partial charge >= 0.3 is 5.97 Å². The molecule has 0 spiro atoms. The highest BCUT2D eigenvalue weighted by molar-refractivity contribution is 6.31. The number of ether oxygens (including phenoxy) is 1. The van der Waals surface area contributed by atoms with Crippen LogP contribution in [0.3, 0.4) is 0 Å². The van der Waals surface area contributed by atoms with Crippen LogP contribution in [0.15, 0.2) is 30.3 Å². The summed E-state index contributed by atoms with van der Waals surface area (Å²) in [5.41, 5.74) is 5.25. The van der Waals surface area contributed by atoms with E-state index in [1.807, 2.05) is 45.0 Å². The molecule has 3 aromatic rings. The van der Waals surface area contributed by atoms with Crippen LogP contribution < -0.4 is 5.32 Å². The van der Waals surface area contributed by atoms with Crippen LogP contribution in [0.2, 0.25) is 5.02 Å². The molecule has 0 unspecified atom stereocenters. The lowest BCUT2D eigenvalue weighted by Crippen LogP contribution is -2.28. The number of benzene rings is 1. The molecule has 8 heteroatoms. The molecule has 0 bridgehead atoms. The number of halogens is 1. The molecular formula is C21H23ClN4O3. The molecule has 7 nitrogen and oxygen atoms in total. The third-order valence-electron chi connectivity index (χ3n) is 4.66. The number of esters is 1. The van der Waals surface area contributed by atoms with Gasteiger partial charge in [-0.15, -0.1) is 0 Å². The summed E-state index contributed by atoms with van der Waals surface area (Å²) >= 11 is 6.05. The summed E-state index contributed by atoms with van der Waals surface area (Å²) in [6.45, 7) is 5.74. The first kappa shape index (κ1) is 20.8. The van der Waals surface area contributed by atoms with Crippen molar-refractivity contribution in [3.05, 3.63) is 63.6 Å². The van der Waals surface area contributed by atoms with E-state index in [0.717, 1.165) is 33.9 Å². The van der Waals surface area contributed by atoms with Gasteiger partial charge in [0, 0.05) is 35.4 Å². The smallest absolute Gasteiger partial charge is 0.306 e. The lowest BCUT2D eigenvalue weighted by molar-refractivity contribution is -0.148. The summed E-state index contributed by atoms with van der Waals surface area (Å²) in [6.07, 6.45) is 0.631. The van der Waals surface area contributed by atoms with E-state index in [1.54, 1.807) is 10.6 Å². The van der Waals surface area contributed by atoms with Crippen LogP contribution in [-0.2, 0) is 27.3 Å². The van der Waals surface area contributed by atoms with Crippen molar-refractivity contribution in [2.24, 2.45) is 0 Å². The van der Waals surface area contributed by atoms with E-state index < -0.39 is 5.97 Å². The number of nitrogens with one attached hydrogen (secondary N) is 1. The van der Waals surface area contributed by atoms with Crippen molar-refractivity contribution < 1.29 is 14.3 Å². The topological polar surface area (TPSA) is 85.6 Å². The average molecular weight is 415 g/mol. The second kappa shape index (κ2) is 9.05. The van der Waals surface area contributed by atoms with Gasteiger partial charge in [-0.25, -0.2) is 9.50 Å². The Morgan fingerprint density at radius 3 is 2.72 bits per heavy atom. The minimum absolute atomic E-state index is 0.160. The first-order chi connectivity index (χ1) is 13.8. The summed E-state index contributed by atoms with van der Waals surface area (Å²) in [5.74, 6) is -0.811. The Bertz CT molecular complexity index is 1060. The van der Waals surface area contributed by atoms with Crippen LogP contribution in [-0.4, -0.2) is 33.1 Å². The van der Waals surface area contributed by atoms with Gasteiger partial charge in [0.2, 0.25) is 0 Å². The van der Waals surface area contributed by atoms with Crippen molar-refractivity contribution >= 4 is 29.1 Å². The zero-order valence-corrected chi connectivity index (χ0v) is 17.4. The third-order valence-corrected chi connectivity index (χ3v) is 5.03. The Hall–Kier alpha value is -2.93. The molecule has 0 saturated heterocycles. The third kappa shape index (κ3) is 5.12. The maximum Gasteiger partial charge on any atom is 0.306 e. The van der Waals surface area contributed by atoms with Crippen molar-refractivity contribution in [1.29, 1.82) is 0 Å². The molecule has 1 N–H and O–H groups in total. The van der Waals surface area contributed by atoms with Crippen LogP contribution in [0.4, 0.5) is 0 Å². The maximum absolute atomic E-state index is 12.1. The van der Waals surface area contributed by atoms with Gasteiger partial charge in [-0.1, -0.05) is 29.8 Å². The number of amides is 1. The van der Waals surface area contributed by atoms with E-state index in [0.29, 0.717) is 11.4 Å². The van der Waals surface area contributed by atoms with Crippen LogP contribution in [0.25, 0.3) is 5.65 Å². The molecule has 0 atom stereocenters. The van der Waals surface area contributed by atoms with Gasteiger partial charge in [0.25, 0.3) is 5.91 Å². The number of aromatic nitrogens is 3. The molecule has 0 aliphatic heterocycles. The fraction of sp³-hybridized carbons (Fsp3) is 0.333. The van der Waals surface area contributed by atoms with Gasteiger partial charge in [0.15, 0.2) is 12.3 Å². The summed E-state index contributed by atoms with van der Waals surface area (Å²) in [6, 6.07) is 9.15. The van der Waals surface area contributed by atoms with Crippen molar-refractivity contribution in [3.63, 3.8) is 0 Å². The second-order valence-corrected chi connectivity index (χ2v) is 7.25. The lowest BCUT2D eigenvalue weighted by atomic mass is 10.1. The molecule has 0 aliphatic rings. The first-order valence-electron chi connectivity index (χ1n) is 9.33. The average Bonchev–Trinajstić information content (AvgIpc) is 3.05. The minimum Gasteiger partial charge on any atom is -0.456 e. The number of carbonyl (C=O) groups is 2. The molecule has 0 aliphatic carbocycles. The van der Waals surface area contributed by atoms with Crippen molar-refractivity contribution in [1.82, 2.24) is 19.9 Å². The number of aryl methyl sites for hydroxylation is 3. The summed E-state index contributed by atoms with van der Waals surface area (Å²) in [7, 11) is 0. The second-order valence-electron chi connectivity index (χ2n) is 6.85. The Labute approximate surface area is 174 Å². The Morgan fingerprint density at radius 2 is 1.97 bits per heavy atom. The molecule has 2 aromatic heterocycles. The Kier molecular flexibility index (Phi) is 6.49. The zero-order valence-electron chi connectivity index (χ0n) is 16.7. The highest BCUT2D eigenvalue weighted by Gasteiger charge is 2.14. The predicted octanol–water partition coefficient (Wildman–Crippen LogP) is 3.10. The van der Waals surface area contributed by atoms with E-state index in [1.165, 1.54) is 0 Å². The molecule has 3 rings (SSSR count). The number of hydrogen-bond acceptors (Lipinski definition) is 5. The fourth-order valence-electron chi connectivity index (χ4n) is 3.13. The van der Waals surface area contributed by atoms with Crippen LogP contribution in [0.1, 0.15) is 34.6 Å². The fourth-order valence-corrected chi connectivity index (χ4v) is 3.34. The minimum atomic E-state index is -0.437. The molecular weight excluding hydrogens is 392 g/mol. The van der Waals surface area contributed by atoms with E-state index in [9.17, 15) is 9.59 Å². The van der Waals surface area contributed by atoms with E-state index in [4.69, 9.17) is 16.3 Å². The predicted molar refractivity (Wildman–Crippen MR) is 110 cm³/mol. The van der Waals surface area contributed by atoms with Crippen LogP contribution in [0, 0.1) is 20.8 Å². The molecule has 152 valence electrons. The molecule has 0 fully saturated rings. The molecule has 1 amide bonds. The molecule has 0 radical (unpaired) electrons. The van der Waals surface area contributed by atoms with Gasteiger partial charge in [-0.05, 0) is 44.4 Å². The highest BCUT2D eigenvalue weighted by atomic mass is 35.5.